The zero-order valence-corrected chi connectivity index (χ0v) is 14.4. The molecule has 0 aromatic heterocycles. The van der Waals surface area contributed by atoms with Gasteiger partial charge in [0.15, 0.2) is 5.78 Å². The fourth-order valence-electron chi connectivity index (χ4n) is 2.34. The minimum Gasteiger partial charge on any atom is -0.491 e. The Morgan fingerprint density at radius 1 is 1.00 bits per heavy atom. The van der Waals surface area contributed by atoms with E-state index in [1.165, 1.54) is 0 Å². The molecule has 2 aromatic rings. The minimum atomic E-state index is -0.527. The Kier molecular flexibility index (Phi) is 7.10. The Balaban J connectivity index is 0.00000288. The van der Waals surface area contributed by atoms with Crippen molar-refractivity contribution >= 4 is 5.78 Å². The Hall–Kier alpha value is -2.21. The molecule has 0 spiro atoms. The highest BCUT2D eigenvalue weighted by Crippen LogP contribution is 2.16. The predicted octanol–water partition coefficient (Wildman–Crippen LogP) is 1.54. The third kappa shape index (κ3) is 6.12. The van der Waals surface area contributed by atoms with Gasteiger partial charge in [0, 0.05) is 11.1 Å². The van der Waals surface area contributed by atoms with E-state index in [9.17, 15) is 9.90 Å². The summed E-state index contributed by atoms with van der Waals surface area (Å²) in [5.41, 5.74) is 1.29. The number of hydrogen-bond acceptors (Lipinski definition) is 3. The summed E-state index contributed by atoms with van der Waals surface area (Å²) in [6.07, 6.45) is -0.527. The van der Waals surface area contributed by atoms with Gasteiger partial charge in [-0.2, -0.15) is 0 Å². The molecule has 0 saturated carbocycles. The summed E-state index contributed by atoms with van der Waals surface area (Å²) >= 11 is 0. The van der Waals surface area contributed by atoms with Crippen LogP contribution >= 0.6 is 0 Å². The van der Waals surface area contributed by atoms with E-state index in [1.54, 1.807) is 36.4 Å². The van der Waals surface area contributed by atoms with Gasteiger partial charge in [-0.1, -0.05) is 30.3 Å². The highest BCUT2D eigenvalue weighted by molar-refractivity contribution is 6.08. The lowest BCUT2D eigenvalue weighted by atomic mass is 10.0. The van der Waals surface area contributed by atoms with Gasteiger partial charge in [0.25, 0.3) is 0 Å². The number of ether oxygens (including phenoxy) is 1. The fourth-order valence-corrected chi connectivity index (χ4v) is 2.34. The lowest BCUT2D eigenvalue weighted by Gasteiger charge is -2.26. The second kappa shape index (κ2) is 8.59. The summed E-state index contributed by atoms with van der Waals surface area (Å²) in [6.45, 7) is 0.853. The van der Waals surface area contributed by atoms with Crippen LogP contribution in [0.25, 0.3) is 0 Å². The maximum absolute atomic E-state index is 12.3. The lowest BCUT2D eigenvalue weighted by Crippen LogP contribution is -2.43. The molecule has 24 heavy (non-hydrogen) atoms. The van der Waals surface area contributed by atoms with Crippen LogP contribution < -0.4 is 4.74 Å². The first kappa shape index (κ1) is 19.8. The van der Waals surface area contributed by atoms with Crippen molar-refractivity contribution < 1.29 is 24.6 Å². The predicted molar refractivity (Wildman–Crippen MR) is 94.3 cm³/mol. The smallest absolute Gasteiger partial charge is 0.193 e. The summed E-state index contributed by atoms with van der Waals surface area (Å²) in [7, 11) is 6.06. The number of carbonyl (C=O) groups is 1. The van der Waals surface area contributed by atoms with Crippen molar-refractivity contribution in [3.63, 3.8) is 0 Å². The molecule has 0 heterocycles. The standard InChI is InChI=1S/C19H24NO3.H2O/c1-20(2,3)13-17(21)14-23-18-11-9-16(10-12-18)19(22)15-7-5-4-6-8-15;/h4-12,17,21H,13-14H2,1-3H3;1H2/q+1;. The van der Waals surface area contributed by atoms with Crippen molar-refractivity contribution in [3.05, 3.63) is 65.7 Å². The molecule has 3 N–H and O–H groups in total. The quantitative estimate of drug-likeness (QED) is 0.617. The molecule has 130 valence electrons. The lowest BCUT2D eigenvalue weighted by molar-refractivity contribution is -0.873. The van der Waals surface area contributed by atoms with Gasteiger partial charge in [0.05, 0.1) is 21.1 Å². The maximum atomic E-state index is 12.3. The number of quaternary nitrogens is 1. The largest absolute Gasteiger partial charge is 0.491 e. The SMILES string of the molecule is C[N+](C)(C)CC(O)COc1ccc(C(=O)c2ccccc2)cc1.O. The molecule has 1 unspecified atom stereocenters. The van der Waals surface area contributed by atoms with Crippen LogP contribution in [0.3, 0.4) is 0 Å². The molecule has 0 aliphatic carbocycles. The van der Waals surface area contributed by atoms with Crippen molar-refractivity contribution in [2.45, 2.75) is 6.10 Å². The summed E-state index contributed by atoms with van der Waals surface area (Å²) in [4.78, 5) is 12.3. The summed E-state index contributed by atoms with van der Waals surface area (Å²) in [5.74, 6) is 0.636. The molecule has 0 bridgehead atoms. The number of nitrogens with zero attached hydrogens (tertiary/aromatic N) is 1. The first-order chi connectivity index (χ1) is 10.8. The molecule has 5 heteroatoms. The average molecular weight is 332 g/mol. The minimum absolute atomic E-state index is 0. The van der Waals surface area contributed by atoms with Gasteiger partial charge in [-0.15, -0.1) is 0 Å². The number of rotatable bonds is 7. The molecule has 0 radical (unpaired) electrons. The summed E-state index contributed by atoms with van der Waals surface area (Å²) in [6, 6.07) is 16.2. The highest BCUT2D eigenvalue weighted by atomic mass is 16.5. The van der Waals surface area contributed by atoms with Gasteiger partial charge in [0.1, 0.15) is 25.0 Å². The molecule has 2 aromatic carbocycles. The van der Waals surface area contributed by atoms with Gasteiger partial charge < -0.3 is 19.8 Å². The van der Waals surface area contributed by atoms with E-state index in [0.717, 1.165) is 0 Å². The number of aliphatic hydroxyl groups excluding tert-OH is 1. The molecule has 2 rings (SSSR count). The maximum Gasteiger partial charge on any atom is 0.193 e. The molecular weight excluding hydrogens is 306 g/mol. The van der Waals surface area contributed by atoms with Gasteiger partial charge in [-0.3, -0.25) is 4.79 Å². The highest BCUT2D eigenvalue weighted by Gasteiger charge is 2.16. The van der Waals surface area contributed by atoms with Crippen molar-refractivity contribution in [3.8, 4) is 5.75 Å². The van der Waals surface area contributed by atoms with E-state index in [-0.39, 0.29) is 17.9 Å². The molecule has 0 fully saturated rings. The first-order valence-electron chi connectivity index (χ1n) is 7.66. The van der Waals surface area contributed by atoms with Crippen LogP contribution in [0.5, 0.6) is 5.75 Å². The Bertz CT molecular complexity index is 633. The van der Waals surface area contributed by atoms with Crippen molar-refractivity contribution in [1.29, 1.82) is 0 Å². The van der Waals surface area contributed by atoms with E-state index in [4.69, 9.17) is 4.74 Å². The van der Waals surface area contributed by atoms with Crippen LogP contribution in [-0.2, 0) is 0 Å². The molecule has 0 aliphatic rings. The fraction of sp³-hybridized carbons (Fsp3) is 0.316. The van der Waals surface area contributed by atoms with Crippen LogP contribution in [0.4, 0.5) is 0 Å². The topological polar surface area (TPSA) is 78.0 Å². The van der Waals surface area contributed by atoms with Crippen LogP contribution in [0.15, 0.2) is 54.6 Å². The van der Waals surface area contributed by atoms with E-state index in [0.29, 0.717) is 27.9 Å². The van der Waals surface area contributed by atoms with E-state index < -0.39 is 6.10 Å². The number of hydrogen-bond donors (Lipinski definition) is 1. The van der Waals surface area contributed by atoms with Crippen LogP contribution in [-0.4, -0.2) is 61.2 Å². The summed E-state index contributed by atoms with van der Waals surface area (Å²) in [5, 5.41) is 9.94. The van der Waals surface area contributed by atoms with Gasteiger partial charge >= 0.3 is 0 Å². The van der Waals surface area contributed by atoms with E-state index in [2.05, 4.69) is 0 Å². The molecule has 0 amide bonds. The third-order valence-corrected chi connectivity index (χ3v) is 3.35. The number of benzene rings is 2. The zero-order valence-electron chi connectivity index (χ0n) is 14.4. The number of aliphatic hydroxyl groups is 1. The molecule has 5 nitrogen and oxygen atoms in total. The van der Waals surface area contributed by atoms with Gasteiger partial charge in [-0.05, 0) is 24.3 Å². The Morgan fingerprint density at radius 2 is 1.54 bits per heavy atom. The average Bonchev–Trinajstić information content (AvgIpc) is 2.52. The van der Waals surface area contributed by atoms with Gasteiger partial charge in [0.2, 0.25) is 0 Å². The second-order valence-electron chi connectivity index (χ2n) is 6.66. The Labute approximate surface area is 143 Å². The van der Waals surface area contributed by atoms with E-state index >= 15 is 0 Å². The normalized spacial score (nSPS) is 12.2. The number of likely N-dealkylation sites (N-methyl/N-ethyl adjacent to an activating group) is 1. The first-order valence-corrected chi connectivity index (χ1v) is 7.66. The van der Waals surface area contributed by atoms with Gasteiger partial charge in [-0.25, -0.2) is 0 Å². The van der Waals surface area contributed by atoms with Crippen LogP contribution in [0, 0.1) is 0 Å². The van der Waals surface area contributed by atoms with Crippen LogP contribution in [0.2, 0.25) is 0 Å². The number of carbonyl (C=O) groups excluding carboxylic acids is 1. The monoisotopic (exact) mass is 332 g/mol. The van der Waals surface area contributed by atoms with Crippen LogP contribution in [0.1, 0.15) is 15.9 Å². The third-order valence-electron chi connectivity index (χ3n) is 3.35. The van der Waals surface area contributed by atoms with Crippen molar-refractivity contribution in [2.75, 3.05) is 34.3 Å². The van der Waals surface area contributed by atoms with E-state index in [1.807, 2.05) is 39.3 Å². The molecule has 0 saturated heterocycles. The second-order valence-corrected chi connectivity index (χ2v) is 6.66. The Morgan fingerprint density at radius 3 is 2.08 bits per heavy atom. The summed E-state index contributed by atoms with van der Waals surface area (Å²) < 4.78 is 6.26. The molecular formula is C19H26NO4+. The molecule has 1 atom stereocenters. The van der Waals surface area contributed by atoms with Crippen molar-refractivity contribution in [2.24, 2.45) is 0 Å². The molecule has 0 aliphatic heterocycles. The van der Waals surface area contributed by atoms with Crippen molar-refractivity contribution in [1.82, 2.24) is 0 Å². The zero-order chi connectivity index (χ0) is 16.9. The number of ketones is 1.